The zero-order valence-electron chi connectivity index (χ0n) is 14.1. The van der Waals surface area contributed by atoms with Gasteiger partial charge in [-0.05, 0) is 49.4 Å². The Labute approximate surface area is 146 Å². The van der Waals surface area contributed by atoms with Crippen LogP contribution in [-0.2, 0) is 11.2 Å². The molecular weight excluding hydrogens is 318 g/mol. The van der Waals surface area contributed by atoms with E-state index in [9.17, 15) is 9.59 Å². The number of urea groups is 1. The number of nitrogens with one attached hydrogen (secondary N) is 3. The maximum Gasteiger partial charge on any atom is 0.315 e. The largest absolute Gasteiger partial charge is 0.354 e. The lowest BCUT2D eigenvalue weighted by molar-refractivity contribution is -0.122. The van der Waals surface area contributed by atoms with Crippen LogP contribution in [0.2, 0.25) is 0 Å². The Hall–Kier alpha value is -2.83. The SMILES string of the molecule is O=C(NCCc1ccc(-n2cccn2)cc1)NC1CCCCNC1=O. The number of amides is 3. The van der Waals surface area contributed by atoms with E-state index in [2.05, 4.69) is 21.0 Å². The van der Waals surface area contributed by atoms with Gasteiger partial charge in [0, 0.05) is 25.5 Å². The van der Waals surface area contributed by atoms with Crippen molar-refractivity contribution in [2.75, 3.05) is 13.1 Å². The third kappa shape index (κ3) is 4.82. The molecule has 1 unspecified atom stereocenters. The number of nitrogens with zero attached hydrogens (tertiary/aromatic N) is 2. The molecule has 0 saturated carbocycles. The number of hydrogen-bond acceptors (Lipinski definition) is 3. The summed E-state index contributed by atoms with van der Waals surface area (Å²) in [4.78, 5) is 23.8. The summed E-state index contributed by atoms with van der Waals surface area (Å²) < 4.78 is 1.80. The highest BCUT2D eigenvalue weighted by Gasteiger charge is 2.21. The highest BCUT2D eigenvalue weighted by Crippen LogP contribution is 2.09. The van der Waals surface area contributed by atoms with Crippen molar-refractivity contribution in [3.8, 4) is 5.69 Å². The van der Waals surface area contributed by atoms with Gasteiger partial charge in [-0.3, -0.25) is 4.79 Å². The van der Waals surface area contributed by atoms with Gasteiger partial charge in [0.25, 0.3) is 0 Å². The van der Waals surface area contributed by atoms with Crippen molar-refractivity contribution in [2.45, 2.75) is 31.7 Å². The van der Waals surface area contributed by atoms with Gasteiger partial charge in [-0.1, -0.05) is 12.1 Å². The molecule has 25 heavy (non-hydrogen) atoms. The van der Waals surface area contributed by atoms with Crippen molar-refractivity contribution < 1.29 is 9.59 Å². The highest BCUT2D eigenvalue weighted by molar-refractivity contribution is 5.87. The van der Waals surface area contributed by atoms with E-state index in [-0.39, 0.29) is 11.9 Å². The zero-order chi connectivity index (χ0) is 17.5. The van der Waals surface area contributed by atoms with Crippen LogP contribution in [0.4, 0.5) is 4.79 Å². The maximum atomic E-state index is 12.0. The molecule has 1 aliphatic rings. The topological polar surface area (TPSA) is 88.1 Å². The summed E-state index contributed by atoms with van der Waals surface area (Å²) in [6, 6.07) is 9.19. The van der Waals surface area contributed by atoms with E-state index < -0.39 is 6.04 Å². The molecule has 3 N–H and O–H groups in total. The fourth-order valence-electron chi connectivity index (χ4n) is 2.84. The lowest BCUT2D eigenvalue weighted by Crippen LogP contribution is -2.49. The van der Waals surface area contributed by atoms with Gasteiger partial charge in [0.2, 0.25) is 5.91 Å². The summed E-state index contributed by atoms with van der Waals surface area (Å²) in [7, 11) is 0. The molecule has 0 spiro atoms. The molecule has 1 atom stereocenters. The molecule has 132 valence electrons. The van der Waals surface area contributed by atoms with E-state index in [1.807, 2.05) is 36.5 Å². The second kappa shape index (κ2) is 8.32. The van der Waals surface area contributed by atoms with Gasteiger partial charge in [-0.25, -0.2) is 9.48 Å². The van der Waals surface area contributed by atoms with Gasteiger partial charge < -0.3 is 16.0 Å². The third-order valence-electron chi connectivity index (χ3n) is 4.25. The molecule has 0 aliphatic carbocycles. The van der Waals surface area contributed by atoms with Crippen molar-refractivity contribution in [2.24, 2.45) is 0 Å². The van der Waals surface area contributed by atoms with Crippen molar-refractivity contribution in [3.63, 3.8) is 0 Å². The Morgan fingerprint density at radius 2 is 2.12 bits per heavy atom. The van der Waals surface area contributed by atoms with E-state index in [4.69, 9.17) is 0 Å². The zero-order valence-corrected chi connectivity index (χ0v) is 14.1. The molecule has 3 rings (SSSR count). The first-order chi connectivity index (χ1) is 12.2. The fraction of sp³-hybridized carbons (Fsp3) is 0.389. The first-order valence-electron chi connectivity index (χ1n) is 8.63. The lowest BCUT2D eigenvalue weighted by atomic mass is 10.1. The van der Waals surface area contributed by atoms with E-state index in [0.29, 0.717) is 19.5 Å². The van der Waals surface area contributed by atoms with E-state index in [1.165, 1.54) is 0 Å². The minimum absolute atomic E-state index is 0.0955. The van der Waals surface area contributed by atoms with Crippen LogP contribution in [-0.4, -0.2) is 40.9 Å². The Morgan fingerprint density at radius 1 is 1.28 bits per heavy atom. The molecule has 7 nitrogen and oxygen atoms in total. The van der Waals surface area contributed by atoms with Crippen molar-refractivity contribution in [3.05, 3.63) is 48.3 Å². The van der Waals surface area contributed by atoms with Crippen LogP contribution < -0.4 is 16.0 Å². The standard InChI is InChI=1S/C18H23N5O2/c24-17-16(4-1-2-10-19-17)22-18(25)20-12-9-14-5-7-15(8-6-14)23-13-3-11-21-23/h3,5-8,11,13,16H,1-2,4,9-10,12H2,(H,19,24)(H2,20,22,25). The summed E-state index contributed by atoms with van der Waals surface area (Å²) in [6.07, 6.45) is 6.94. The molecule has 1 aromatic heterocycles. The molecular formula is C18H23N5O2. The Morgan fingerprint density at radius 3 is 2.88 bits per heavy atom. The first kappa shape index (κ1) is 17.0. The first-order valence-corrected chi connectivity index (χ1v) is 8.63. The van der Waals surface area contributed by atoms with Crippen LogP contribution in [0.1, 0.15) is 24.8 Å². The monoisotopic (exact) mass is 341 g/mol. The summed E-state index contributed by atoms with van der Waals surface area (Å²) in [5.41, 5.74) is 2.13. The lowest BCUT2D eigenvalue weighted by Gasteiger charge is -2.15. The molecule has 2 heterocycles. The van der Waals surface area contributed by atoms with Crippen LogP contribution >= 0.6 is 0 Å². The van der Waals surface area contributed by atoms with E-state index in [0.717, 1.165) is 30.5 Å². The summed E-state index contributed by atoms with van der Waals surface area (Å²) >= 11 is 0. The molecule has 0 radical (unpaired) electrons. The average molecular weight is 341 g/mol. The van der Waals surface area contributed by atoms with Gasteiger partial charge in [-0.15, -0.1) is 0 Å². The number of aromatic nitrogens is 2. The summed E-state index contributed by atoms with van der Waals surface area (Å²) in [5, 5.41) is 12.6. The number of hydrogen-bond donors (Lipinski definition) is 3. The van der Waals surface area contributed by atoms with Crippen LogP contribution in [0.15, 0.2) is 42.7 Å². The minimum atomic E-state index is -0.434. The molecule has 1 saturated heterocycles. The van der Waals surface area contributed by atoms with Gasteiger partial charge in [0.15, 0.2) is 0 Å². The number of rotatable bonds is 5. The average Bonchev–Trinajstić information content (AvgIpc) is 3.08. The molecule has 1 aliphatic heterocycles. The molecule has 7 heteroatoms. The van der Waals surface area contributed by atoms with Crippen LogP contribution in [0.25, 0.3) is 5.69 Å². The number of carbonyl (C=O) groups is 2. The molecule has 1 aromatic carbocycles. The van der Waals surface area contributed by atoms with E-state index >= 15 is 0 Å². The third-order valence-corrected chi connectivity index (χ3v) is 4.25. The van der Waals surface area contributed by atoms with Gasteiger partial charge in [-0.2, -0.15) is 5.10 Å². The highest BCUT2D eigenvalue weighted by atomic mass is 16.2. The van der Waals surface area contributed by atoms with Gasteiger partial charge in [0.1, 0.15) is 6.04 Å². The Balaban J connectivity index is 1.43. The number of benzene rings is 1. The molecule has 2 aromatic rings. The quantitative estimate of drug-likeness (QED) is 0.768. The van der Waals surface area contributed by atoms with Gasteiger partial charge >= 0.3 is 6.03 Å². The van der Waals surface area contributed by atoms with Gasteiger partial charge in [0.05, 0.1) is 5.69 Å². The molecule has 0 bridgehead atoms. The molecule has 1 fully saturated rings. The Bertz CT molecular complexity index is 697. The molecule has 3 amide bonds. The van der Waals surface area contributed by atoms with Crippen LogP contribution in [0.5, 0.6) is 0 Å². The minimum Gasteiger partial charge on any atom is -0.354 e. The fourth-order valence-corrected chi connectivity index (χ4v) is 2.84. The number of carbonyl (C=O) groups excluding carboxylic acids is 2. The smallest absolute Gasteiger partial charge is 0.315 e. The van der Waals surface area contributed by atoms with Crippen LogP contribution in [0, 0.1) is 0 Å². The van der Waals surface area contributed by atoms with Crippen molar-refractivity contribution >= 4 is 11.9 Å². The predicted octanol–water partition coefficient (Wildman–Crippen LogP) is 1.38. The maximum absolute atomic E-state index is 12.0. The normalized spacial score (nSPS) is 17.4. The summed E-state index contributed by atoms with van der Waals surface area (Å²) in [6.45, 7) is 1.20. The van der Waals surface area contributed by atoms with Crippen molar-refractivity contribution in [1.82, 2.24) is 25.7 Å². The second-order valence-electron chi connectivity index (χ2n) is 6.11. The van der Waals surface area contributed by atoms with E-state index in [1.54, 1.807) is 10.9 Å². The second-order valence-corrected chi connectivity index (χ2v) is 6.11. The Kier molecular flexibility index (Phi) is 5.66. The van der Waals surface area contributed by atoms with Crippen LogP contribution in [0.3, 0.4) is 0 Å². The predicted molar refractivity (Wildman–Crippen MR) is 94.5 cm³/mol. The summed E-state index contributed by atoms with van der Waals surface area (Å²) in [5.74, 6) is -0.0955. The van der Waals surface area contributed by atoms with Crippen molar-refractivity contribution in [1.29, 1.82) is 0 Å².